The minimum absolute atomic E-state index is 0.328. The number of nitrogens with one attached hydrogen (secondary N) is 1. The second kappa shape index (κ2) is 9.92. The molecular weight excluding hydrogens is 466 g/mol. The van der Waals surface area contributed by atoms with E-state index in [1.54, 1.807) is 40.9 Å². The number of nitrogens with zero attached hydrogens (tertiary/aromatic N) is 3. The predicted octanol–water partition coefficient (Wildman–Crippen LogP) is 4.86. The van der Waals surface area contributed by atoms with Gasteiger partial charge in [-0.3, -0.25) is 0 Å². The maximum atomic E-state index is 12.4. The summed E-state index contributed by atoms with van der Waals surface area (Å²) in [5.41, 5.74) is 3.41. The molecule has 0 atom stereocenters. The molecular formula is C25H27N5O2S2. The van der Waals surface area contributed by atoms with Gasteiger partial charge in [0.1, 0.15) is 0 Å². The summed E-state index contributed by atoms with van der Waals surface area (Å²) >= 11 is 1.60. The topological polar surface area (TPSA) is 101 Å². The van der Waals surface area contributed by atoms with E-state index >= 15 is 0 Å². The molecule has 0 unspecified atom stereocenters. The summed E-state index contributed by atoms with van der Waals surface area (Å²) < 4.78 is 25.8. The monoisotopic (exact) mass is 493 g/mol. The van der Waals surface area contributed by atoms with Gasteiger partial charge in [0.15, 0.2) is 9.84 Å². The third-order valence-electron chi connectivity index (χ3n) is 5.32. The Hall–Kier alpha value is -3.27. The van der Waals surface area contributed by atoms with Crippen LogP contribution in [0.2, 0.25) is 0 Å². The molecule has 2 heterocycles. The zero-order chi connectivity index (χ0) is 24.3. The molecule has 4 rings (SSSR count). The van der Waals surface area contributed by atoms with E-state index in [2.05, 4.69) is 16.4 Å². The molecule has 9 heteroatoms. The van der Waals surface area contributed by atoms with Gasteiger partial charge in [-0.25, -0.2) is 24.2 Å². The van der Waals surface area contributed by atoms with E-state index in [1.807, 2.05) is 50.3 Å². The van der Waals surface area contributed by atoms with Crippen LogP contribution in [0, 0.1) is 6.92 Å². The van der Waals surface area contributed by atoms with Gasteiger partial charge < -0.3 is 10.3 Å². The lowest BCUT2D eigenvalue weighted by Gasteiger charge is -2.14. The van der Waals surface area contributed by atoms with Gasteiger partial charge in [-0.2, -0.15) is 0 Å². The van der Waals surface area contributed by atoms with Crippen LogP contribution < -0.4 is 11.2 Å². The molecule has 4 aromatic rings. The highest BCUT2D eigenvalue weighted by molar-refractivity contribution is 7.90. The van der Waals surface area contributed by atoms with Crippen LogP contribution in [-0.4, -0.2) is 42.7 Å². The number of fused-ring (bicyclic) bond motifs is 1. The van der Waals surface area contributed by atoms with E-state index < -0.39 is 9.84 Å². The SMILES string of the molecule is C/C=C\N(N)CCNc1ncc(C)c(-c2cc3cccc(-c4ccccc4S(C)(=O)=O)c3s2)n1. The highest BCUT2D eigenvalue weighted by Gasteiger charge is 2.18. The quantitative estimate of drug-likeness (QED) is 0.267. The number of benzene rings is 2. The Morgan fingerprint density at radius 3 is 2.68 bits per heavy atom. The summed E-state index contributed by atoms with van der Waals surface area (Å²) in [5.74, 6) is 6.40. The van der Waals surface area contributed by atoms with E-state index in [0.717, 1.165) is 31.8 Å². The van der Waals surface area contributed by atoms with E-state index in [0.29, 0.717) is 29.5 Å². The first kappa shape index (κ1) is 23.9. The third-order valence-corrected chi connectivity index (χ3v) is 7.67. The molecule has 3 N–H and O–H groups in total. The van der Waals surface area contributed by atoms with Crippen molar-refractivity contribution in [3.8, 4) is 21.7 Å². The Kier molecular flexibility index (Phi) is 6.97. The highest BCUT2D eigenvalue weighted by Crippen LogP contribution is 2.41. The molecule has 0 aliphatic rings. The first-order valence-corrected chi connectivity index (χ1v) is 13.5. The Labute approximate surface area is 203 Å². The Morgan fingerprint density at radius 2 is 1.91 bits per heavy atom. The van der Waals surface area contributed by atoms with Crippen LogP contribution >= 0.6 is 11.3 Å². The second-order valence-corrected chi connectivity index (χ2v) is 11.0. The predicted molar refractivity (Wildman–Crippen MR) is 140 cm³/mol. The van der Waals surface area contributed by atoms with E-state index in [9.17, 15) is 8.42 Å². The minimum Gasteiger partial charge on any atom is -0.352 e. The summed E-state index contributed by atoms with van der Waals surface area (Å²) in [6, 6.07) is 15.2. The van der Waals surface area contributed by atoms with Gasteiger partial charge in [-0.1, -0.05) is 42.5 Å². The fourth-order valence-electron chi connectivity index (χ4n) is 3.74. The summed E-state index contributed by atoms with van der Waals surface area (Å²) in [7, 11) is -3.37. The molecule has 0 aliphatic heterocycles. The number of allylic oxidation sites excluding steroid dienone is 1. The smallest absolute Gasteiger partial charge is 0.223 e. The van der Waals surface area contributed by atoms with Crippen molar-refractivity contribution in [3.63, 3.8) is 0 Å². The molecule has 2 aromatic carbocycles. The molecule has 0 saturated heterocycles. The van der Waals surface area contributed by atoms with Crippen molar-refractivity contribution in [1.82, 2.24) is 15.0 Å². The van der Waals surface area contributed by atoms with E-state index in [4.69, 9.17) is 10.8 Å². The number of rotatable bonds is 8. The van der Waals surface area contributed by atoms with Gasteiger partial charge in [-0.15, -0.1) is 11.3 Å². The molecule has 0 radical (unpaired) electrons. The normalized spacial score (nSPS) is 11.9. The van der Waals surface area contributed by atoms with Crippen molar-refractivity contribution >= 4 is 37.2 Å². The zero-order valence-corrected chi connectivity index (χ0v) is 21.0. The molecule has 0 spiro atoms. The lowest BCUT2D eigenvalue weighted by atomic mass is 10.0. The van der Waals surface area contributed by atoms with Gasteiger partial charge in [0.05, 0.1) is 22.0 Å². The van der Waals surface area contributed by atoms with Crippen LogP contribution in [0.25, 0.3) is 31.8 Å². The summed E-state index contributed by atoms with van der Waals surface area (Å²) in [6.45, 7) is 5.11. The summed E-state index contributed by atoms with van der Waals surface area (Å²) in [6.07, 6.45) is 6.73. The minimum atomic E-state index is -3.37. The van der Waals surface area contributed by atoms with Gasteiger partial charge in [0.25, 0.3) is 0 Å². The molecule has 0 amide bonds. The largest absolute Gasteiger partial charge is 0.352 e. The van der Waals surface area contributed by atoms with E-state index in [-0.39, 0.29) is 0 Å². The van der Waals surface area contributed by atoms with Crippen LogP contribution in [-0.2, 0) is 9.84 Å². The number of sulfone groups is 1. The fourth-order valence-corrected chi connectivity index (χ4v) is 5.89. The Balaban J connectivity index is 1.72. The number of hydrogen-bond acceptors (Lipinski definition) is 8. The number of aryl methyl sites for hydroxylation is 1. The average Bonchev–Trinajstić information content (AvgIpc) is 3.24. The van der Waals surface area contributed by atoms with Crippen LogP contribution in [0.1, 0.15) is 12.5 Å². The molecule has 0 aliphatic carbocycles. The van der Waals surface area contributed by atoms with Crippen molar-refractivity contribution < 1.29 is 8.42 Å². The van der Waals surface area contributed by atoms with Gasteiger partial charge in [0.2, 0.25) is 5.95 Å². The van der Waals surface area contributed by atoms with Crippen LogP contribution in [0.4, 0.5) is 5.95 Å². The van der Waals surface area contributed by atoms with Gasteiger partial charge in [0, 0.05) is 41.0 Å². The lowest BCUT2D eigenvalue weighted by Crippen LogP contribution is -2.30. The number of thiophene rings is 1. The Bertz CT molecular complexity index is 1460. The van der Waals surface area contributed by atoms with E-state index in [1.165, 1.54) is 6.26 Å². The number of nitrogens with two attached hydrogens (primary N) is 1. The second-order valence-electron chi connectivity index (χ2n) is 7.98. The van der Waals surface area contributed by atoms with Crippen molar-refractivity contribution in [2.75, 3.05) is 24.7 Å². The summed E-state index contributed by atoms with van der Waals surface area (Å²) in [5, 5.41) is 5.87. The fraction of sp³-hybridized carbons (Fsp3) is 0.200. The number of hydrogen-bond donors (Lipinski definition) is 2. The van der Waals surface area contributed by atoms with Crippen molar-refractivity contribution in [2.45, 2.75) is 18.7 Å². The summed E-state index contributed by atoms with van der Waals surface area (Å²) in [4.78, 5) is 10.5. The maximum Gasteiger partial charge on any atom is 0.223 e. The van der Waals surface area contributed by atoms with Crippen molar-refractivity contribution in [1.29, 1.82) is 0 Å². The Morgan fingerprint density at radius 1 is 1.15 bits per heavy atom. The van der Waals surface area contributed by atoms with Crippen molar-refractivity contribution in [3.05, 3.63) is 72.6 Å². The van der Waals surface area contributed by atoms with Crippen LogP contribution in [0.3, 0.4) is 0 Å². The van der Waals surface area contributed by atoms with Gasteiger partial charge >= 0.3 is 0 Å². The third kappa shape index (κ3) is 5.11. The molecule has 0 saturated carbocycles. The number of aromatic nitrogens is 2. The first-order valence-electron chi connectivity index (χ1n) is 10.8. The molecule has 176 valence electrons. The van der Waals surface area contributed by atoms with Gasteiger partial charge in [-0.05, 0) is 36.9 Å². The average molecular weight is 494 g/mol. The standard InChI is InChI=1S/C25H27N5O2S2/c1-4-13-30(26)14-12-27-25-28-16-17(2)23(29-25)21-15-18-8-7-10-20(24(18)33-21)19-9-5-6-11-22(19)34(3,31)32/h4-11,13,15-16H,12,14,26H2,1-3H3,(H,27,28,29)/b13-4-. The first-order chi connectivity index (χ1) is 16.3. The van der Waals surface area contributed by atoms with Crippen molar-refractivity contribution in [2.24, 2.45) is 5.84 Å². The molecule has 0 fully saturated rings. The highest BCUT2D eigenvalue weighted by atomic mass is 32.2. The number of anilines is 1. The lowest BCUT2D eigenvalue weighted by molar-refractivity contribution is 0.408. The molecule has 0 bridgehead atoms. The molecule has 2 aromatic heterocycles. The maximum absolute atomic E-state index is 12.4. The van der Waals surface area contributed by atoms with Crippen LogP contribution in [0.15, 0.2) is 71.9 Å². The molecule has 34 heavy (non-hydrogen) atoms. The number of hydrazine groups is 1. The molecule has 7 nitrogen and oxygen atoms in total. The van der Waals surface area contributed by atoms with Crippen LogP contribution in [0.5, 0.6) is 0 Å². The zero-order valence-electron chi connectivity index (χ0n) is 19.3.